The number of rotatable bonds is 7. The van der Waals surface area contributed by atoms with Crippen LogP contribution in [0.1, 0.15) is 6.42 Å². The third kappa shape index (κ3) is 5.45. The van der Waals surface area contributed by atoms with Crippen molar-refractivity contribution in [1.29, 1.82) is 0 Å². The predicted octanol–water partition coefficient (Wildman–Crippen LogP) is 5.72. The van der Waals surface area contributed by atoms with E-state index in [0.29, 0.717) is 51.8 Å². The van der Waals surface area contributed by atoms with Crippen molar-refractivity contribution in [1.82, 2.24) is 14.9 Å². The fourth-order valence-corrected chi connectivity index (χ4v) is 3.57. The van der Waals surface area contributed by atoms with Crippen molar-refractivity contribution in [3.8, 4) is 11.3 Å². The van der Waals surface area contributed by atoms with E-state index in [1.807, 2.05) is 43.3 Å². The van der Waals surface area contributed by atoms with Gasteiger partial charge < -0.3 is 15.5 Å². The summed E-state index contributed by atoms with van der Waals surface area (Å²) in [6, 6.07) is 15.5. The third-order valence-corrected chi connectivity index (χ3v) is 5.31. The molecule has 0 aliphatic carbocycles. The van der Waals surface area contributed by atoms with Gasteiger partial charge in [-0.2, -0.15) is 0 Å². The first kappa shape index (κ1) is 22.6. The van der Waals surface area contributed by atoms with E-state index in [9.17, 15) is 9.18 Å². The molecular formula is C25H23ClFN5O. The summed E-state index contributed by atoms with van der Waals surface area (Å²) in [6.45, 7) is 0.637. The molecule has 0 spiro atoms. The van der Waals surface area contributed by atoms with Gasteiger partial charge in [0.25, 0.3) is 0 Å². The topological polar surface area (TPSA) is 70.2 Å². The molecule has 0 fully saturated rings. The predicted molar refractivity (Wildman–Crippen MR) is 131 cm³/mol. The van der Waals surface area contributed by atoms with Crippen molar-refractivity contribution >= 4 is 45.5 Å². The molecule has 0 radical (unpaired) electrons. The van der Waals surface area contributed by atoms with E-state index in [2.05, 4.69) is 20.6 Å². The lowest BCUT2D eigenvalue weighted by Gasteiger charge is -2.16. The van der Waals surface area contributed by atoms with Crippen molar-refractivity contribution < 1.29 is 9.18 Å². The van der Waals surface area contributed by atoms with Gasteiger partial charge in [-0.05, 0) is 50.5 Å². The number of hydrogen-bond donors (Lipinski definition) is 2. The van der Waals surface area contributed by atoms with Crippen LogP contribution in [0, 0.1) is 5.82 Å². The number of aromatic nitrogens is 2. The molecule has 8 heteroatoms. The van der Waals surface area contributed by atoms with Crippen LogP contribution in [0.15, 0.2) is 67.0 Å². The molecule has 0 aliphatic rings. The Morgan fingerprint density at radius 1 is 1.06 bits per heavy atom. The molecule has 0 saturated carbocycles. The van der Waals surface area contributed by atoms with Crippen molar-refractivity contribution in [3.05, 3.63) is 77.8 Å². The van der Waals surface area contributed by atoms with Gasteiger partial charge in [-0.1, -0.05) is 29.8 Å². The summed E-state index contributed by atoms with van der Waals surface area (Å²) in [5.41, 5.74) is 3.38. The molecular weight excluding hydrogens is 441 g/mol. The standard InChI is InChI=1S/C25H23ClFN5O/c1-32(2)12-10-25(33)31-24-15-28-11-9-21(24)30-22-14-23(18-13-16(26)7-8-19(18)27)29-20-6-4-3-5-17(20)22/h3-9,11,13-15H,10,12H2,1-2H3,(H,31,33)(H,28,29,30). The smallest absolute Gasteiger partial charge is 0.225 e. The van der Waals surface area contributed by atoms with Gasteiger partial charge in [0.15, 0.2) is 0 Å². The van der Waals surface area contributed by atoms with Crippen LogP contribution in [0.3, 0.4) is 0 Å². The van der Waals surface area contributed by atoms with E-state index in [0.717, 1.165) is 5.39 Å². The minimum absolute atomic E-state index is 0.110. The zero-order chi connectivity index (χ0) is 23.4. The van der Waals surface area contributed by atoms with Crippen molar-refractivity contribution in [2.24, 2.45) is 0 Å². The first-order valence-electron chi connectivity index (χ1n) is 10.4. The molecule has 168 valence electrons. The number of anilines is 3. The van der Waals surface area contributed by atoms with Gasteiger partial charge in [0.1, 0.15) is 5.82 Å². The number of pyridine rings is 2. The van der Waals surface area contributed by atoms with Gasteiger partial charge in [-0.15, -0.1) is 0 Å². The summed E-state index contributed by atoms with van der Waals surface area (Å²) >= 11 is 6.11. The van der Waals surface area contributed by atoms with Crippen LogP contribution >= 0.6 is 11.6 Å². The summed E-state index contributed by atoms with van der Waals surface area (Å²) in [4.78, 5) is 23.1. The normalized spacial score (nSPS) is 11.1. The Kier molecular flexibility index (Phi) is 6.82. The van der Waals surface area contributed by atoms with Crippen LogP contribution in [0.25, 0.3) is 22.2 Å². The first-order chi connectivity index (χ1) is 15.9. The van der Waals surface area contributed by atoms with Crippen LogP contribution in [-0.2, 0) is 4.79 Å². The Morgan fingerprint density at radius 2 is 1.88 bits per heavy atom. The van der Waals surface area contributed by atoms with Crippen molar-refractivity contribution in [2.75, 3.05) is 31.3 Å². The van der Waals surface area contributed by atoms with Crippen LogP contribution < -0.4 is 10.6 Å². The number of amides is 1. The summed E-state index contributed by atoms with van der Waals surface area (Å²) in [6.07, 6.45) is 3.59. The molecule has 0 aliphatic heterocycles. The molecule has 4 rings (SSSR count). The van der Waals surface area contributed by atoms with Crippen molar-refractivity contribution in [2.45, 2.75) is 6.42 Å². The third-order valence-electron chi connectivity index (χ3n) is 5.07. The Labute approximate surface area is 196 Å². The van der Waals surface area contributed by atoms with Gasteiger partial charge in [0.05, 0.1) is 34.5 Å². The molecule has 0 saturated heterocycles. The number of halogens is 2. The fraction of sp³-hybridized carbons (Fsp3) is 0.160. The quantitative estimate of drug-likeness (QED) is 0.366. The van der Waals surface area contributed by atoms with Crippen LogP contribution in [0.5, 0.6) is 0 Å². The minimum atomic E-state index is -0.411. The average Bonchev–Trinajstić information content (AvgIpc) is 2.80. The number of carbonyl (C=O) groups excluding carboxylic acids is 1. The molecule has 2 aromatic carbocycles. The fourth-order valence-electron chi connectivity index (χ4n) is 3.40. The van der Waals surface area contributed by atoms with Gasteiger partial charge in [-0.3, -0.25) is 9.78 Å². The van der Waals surface area contributed by atoms with Gasteiger partial charge >= 0.3 is 0 Å². The van der Waals surface area contributed by atoms with E-state index in [4.69, 9.17) is 11.6 Å². The van der Waals surface area contributed by atoms with E-state index in [1.165, 1.54) is 12.1 Å². The zero-order valence-corrected chi connectivity index (χ0v) is 19.0. The highest BCUT2D eigenvalue weighted by Gasteiger charge is 2.14. The molecule has 1 amide bonds. The van der Waals surface area contributed by atoms with Crippen LogP contribution in [0.4, 0.5) is 21.5 Å². The Balaban J connectivity index is 1.72. The maximum atomic E-state index is 14.6. The molecule has 2 N–H and O–H groups in total. The number of hydrogen-bond acceptors (Lipinski definition) is 5. The largest absolute Gasteiger partial charge is 0.353 e. The lowest BCUT2D eigenvalue weighted by molar-refractivity contribution is -0.116. The second kappa shape index (κ2) is 9.94. The summed E-state index contributed by atoms with van der Waals surface area (Å²) < 4.78 is 14.6. The molecule has 0 bridgehead atoms. The maximum Gasteiger partial charge on any atom is 0.225 e. The first-order valence-corrected chi connectivity index (χ1v) is 10.8. The molecule has 33 heavy (non-hydrogen) atoms. The Bertz CT molecular complexity index is 1310. The second-order valence-corrected chi connectivity index (χ2v) is 8.28. The molecule has 2 heterocycles. The van der Waals surface area contributed by atoms with E-state index in [1.54, 1.807) is 30.6 Å². The van der Waals surface area contributed by atoms with Crippen LogP contribution in [-0.4, -0.2) is 41.4 Å². The summed E-state index contributed by atoms with van der Waals surface area (Å²) in [5, 5.41) is 7.56. The number of benzene rings is 2. The lowest BCUT2D eigenvalue weighted by atomic mass is 10.1. The number of carbonyl (C=O) groups is 1. The molecule has 0 atom stereocenters. The van der Waals surface area contributed by atoms with E-state index < -0.39 is 5.82 Å². The monoisotopic (exact) mass is 463 g/mol. The molecule has 6 nitrogen and oxygen atoms in total. The highest BCUT2D eigenvalue weighted by atomic mass is 35.5. The number of nitrogens with one attached hydrogen (secondary N) is 2. The zero-order valence-electron chi connectivity index (χ0n) is 18.3. The van der Waals surface area contributed by atoms with Crippen LogP contribution in [0.2, 0.25) is 5.02 Å². The van der Waals surface area contributed by atoms with Gasteiger partial charge in [0.2, 0.25) is 5.91 Å². The van der Waals surface area contributed by atoms with E-state index in [-0.39, 0.29) is 5.91 Å². The number of nitrogens with zero attached hydrogens (tertiary/aromatic N) is 3. The summed E-state index contributed by atoms with van der Waals surface area (Å²) in [5.74, 6) is -0.521. The summed E-state index contributed by atoms with van der Waals surface area (Å²) in [7, 11) is 3.83. The highest BCUT2D eigenvalue weighted by Crippen LogP contribution is 2.34. The van der Waals surface area contributed by atoms with Gasteiger partial charge in [0, 0.05) is 35.1 Å². The lowest BCUT2D eigenvalue weighted by Crippen LogP contribution is -2.21. The van der Waals surface area contributed by atoms with E-state index >= 15 is 0 Å². The van der Waals surface area contributed by atoms with Crippen molar-refractivity contribution in [3.63, 3.8) is 0 Å². The number of fused-ring (bicyclic) bond motifs is 1. The molecule has 4 aromatic rings. The maximum absolute atomic E-state index is 14.6. The Hall–Kier alpha value is -3.55. The Morgan fingerprint density at radius 3 is 2.70 bits per heavy atom. The second-order valence-electron chi connectivity index (χ2n) is 7.84. The molecule has 2 aromatic heterocycles. The SMILES string of the molecule is CN(C)CCC(=O)Nc1cnccc1Nc1cc(-c2cc(Cl)ccc2F)nc2ccccc12. The number of para-hydroxylation sites is 1. The van der Waals surface area contributed by atoms with Gasteiger partial charge in [-0.25, -0.2) is 9.37 Å². The minimum Gasteiger partial charge on any atom is -0.353 e. The average molecular weight is 464 g/mol. The highest BCUT2D eigenvalue weighted by molar-refractivity contribution is 6.30. The molecule has 0 unspecified atom stereocenters.